The summed E-state index contributed by atoms with van der Waals surface area (Å²) < 4.78 is 34.3. The molecule has 0 aromatic heterocycles. The molecule has 0 bridgehead atoms. The number of sulfonamides is 1. The first kappa shape index (κ1) is 22.9. The number of hydrogen-bond donors (Lipinski definition) is 1. The minimum atomic E-state index is -3.99. The van der Waals surface area contributed by atoms with Crippen molar-refractivity contribution in [2.24, 2.45) is 11.0 Å². The Balaban J connectivity index is 1.58. The lowest BCUT2D eigenvalue weighted by atomic mass is 9.77. The molecule has 1 heterocycles. The van der Waals surface area contributed by atoms with Gasteiger partial charge in [0.05, 0.1) is 23.8 Å². The van der Waals surface area contributed by atoms with E-state index in [9.17, 15) is 13.2 Å². The van der Waals surface area contributed by atoms with Gasteiger partial charge in [0.15, 0.2) is 0 Å². The Morgan fingerprint density at radius 1 is 1.06 bits per heavy atom. The number of fused-ring (bicyclic) bond motifs is 3. The molecule has 0 radical (unpaired) electrons. The molecule has 2 unspecified atom stereocenters. The molecule has 1 N–H and O–H groups in total. The van der Waals surface area contributed by atoms with E-state index in [4.69, 9.17) is 14.9 Å². The van der Waals surface area contributed by atoms with E-state index >= 15 is 0 Å². The van der Waals surface area contributed by atoms with Gasteiger partial charge < -0.3 is 9.84 Å². The predicted octanol–water partition coefficient (Wildman–Crippen LogP) is 4.51. The maximum atomic E-state index is 13.9. The van der Waals surface area contributed by atoms with Gasteiger partial charge in [-0.2, -0.15) is 17.9 Å². The molecule has 0 saturated carbocycles. The van der Waals surface area contributed by atoms with Crippen molar-refractivity contribution in [2.75, 3.05) is 7.11 Å². The molecule has 0 fully saturated rings. The summed E-state index contributed by atoms with van der Waals surface area (Å²) in [5, 5.41) is 13.6. The number of ether oxygens (including phenoxy) is 1. The van der Waals surface area contributed by atoms with Gasteiger partial charge in [-0.3, -0.25) is 0 Å². The first-order valence-electron chi connectivity index (χ1n) is 11.2. The van der Waals surface area contributed by atoms with Crippen LogP contribution in [0.5, 0.6) is 5.75 Å². The minimum absolute atomic E-state index is 0.0779. The second-order valence-electron chi connectivity index (χ2n) is 8.52. The molecule has 5 rings (SSSR count). The van der Waals surface area contributed by atoms with E-state index in [1.165, 1.54) is 28.2 Å². The van der Waals surface area contributed by atoms with Gasteiger partial charge in [0.1, 0.15) is 5.75 Å². The molecule has 2 atom stereocenters. The van der Waals surface area contributed by atoms with Crippen molar-refractivity contribution in [3.05, 3.63) is 101 Å². The summed E-state index contributed by atoms with van der Waals surface area (Å²) in [5.74, 6) is -0.452. The Labute approximate surface area is 204 Å². The van der Waals surface area contributed by atoms with Crippen molar-refractivity contribution in [2.45, 2.75) is 23.8 Å². The summed E-state index contributed by atoms with van der Waals surface area (Å²) in [4.78, 5) is 10.9. The normalized spacial score (nSPS) is 19.2. The van der Waals surface area contributed by atoms with Crippen LogP contribution in [0.25, 0.3) is 6.08 Å². The maximum absolute atomic E-state index is 13.9. The average molecular weight is 489 g/mol. The second-order valence-corrected chi connectivity index (χ2v) is 10.3. The number of carboxylic acids is 1. The van der Waals surface area contributed by atoms with Gasteiger partial charge >= 0.3 is 5.97 Å². The van der Waals surface area contributed by atoms with E-state index in [2.05, 4.69) is 6.07 Å². The first-order chi connectivity index (χ1) is 16.9. The van der Waals surface area contributed by atoms with Gasteiger partial charge in [-0.25, -0.2) is 4.79 Å². The number of nitrogens with zero attached hydrogens (tertiary/aromatic N) is 2. The van der Waals surface area contributed by atoms with Crippen LogP contribution in [0.4, 0.5) is 0 Å². The number of carbonyl (C=O) groups is 1. The fourth-order valence-corrected chi connectivity index (χ4v) is 6.24. The van der Waals surface area contributed by atoms with E-state index in [0.29, 0.717) is 11.3 Å². The highest BCUT2D eigenvalue weighted by Crippen LogP contribution is 2.45. The average Bonchev–Trinajstić information content (AvgIpc) is 3.29. The maximum Gasteiger partial charge on any atom is 0.328 e. The number of benzene rings is 3. The largest absolute Gasteiger partial charge is 0.497 e. The Morgan fingerprint density at radius 3 is 2.46 bits per heavy atom. The number of aliphatic carboxylic acids is 1. The zero-order valence-corrected chi connectivity index (χ0v) is 19.9. The zero-order chi connectivity index (χ0) is 24.6. The van der Waals surface area contributed by atoms with E-state index in [-0.39, 0.29) is 10.8 Å². The SMILES string of the molecule is COc1ccc(C2C3CCc4ccccc4C3=NN2S(=O)(=O)c2ccc(C=CC(=O)O)cc2)cc1. The molecule has 0 spiro atoms. The van der Waals surface area contributed by atoms with Crippen LogP contribution in [-0.4, -0.2) is 36.7 Å². The van der Waals surface area contributed by atoms with Crippen molar-refractivity contribution in [3.63, 3.8) is 0 Å². The predicted molar refractivity (Wildman–Crippen MR) is 133 cm³/mol. The van der Waals surface area contributed by atoms with Crippen molar-refractivity contribution in [3.8, 4) is 5.75 Å². The van der Waals surface area contributed by atoms with Gasteiger partial charge in [0.25, 0.3) is 10.0 Å². The van der Waals surface area contributed by atoms with Crippen LogP contribution >= 0.6 is 0 Å². The molecule has 178 valence electrons. The summed E-state index contributed by atoms with van der Waals surface area (Å²) in [6, 6.07) is 21.1. The van der Waals surface area contributed by atoms with E-state index < -0.39 is 22.0 Å². The molecule has 8 heteroatoms. The van der Waals surface area contributed by atoms with Crippen LogP contribution in [0.1, 0.15) is 34.7 Å². The van der Waals surface area contributed by atoms with Crippen LogP contribution in [-0.2, 0) is 21.2 Å². The fourth-order valence-electron chi connectivity index (χ4n) is 4.78. The highest BCUT2D eigenvalue weighted by atomic mass is 32.2. The number of carboxylic acid groups (broad SMARTS) is 1. The molecular weight excluding hydrogens is 464 g/mol. The van der Waals surface area contributed by atoms with Gasteiger partial charge in [0, 0.05) is 17.6 Å². The summed E-state index contributed by atoms with van der Waals surface area (Å²) in [6.07, 6.45) is 4.07. The summed E-state index contributed by atoms with van der Waals surface area (Å²) in [6.45, 7) is 0. The molecule has 1 aliphatic carbocycles. The summed E-state index contributed by atoms with van der Waals surface area (Å²) in [7, 11) is -2.39. The van der Waals surface area contributed by atoms with Crippen LogP contribution < -0.4 is 4.74 Å². The highest BCUT2D eigenvalue weighted by molar-refractivity contribution is 7.89. The van der Waals surface area contributed by atoms with E-state index in [1.807, 2.05) is 42.5 Å². The Hall–Kier alpha value is -3.91. The van der Waals surface area contributed by atoms with Crippen molar-refractivity contribution in [1.29, 1.82) is 0 Å². The smallest absolute Gasteiger partial charge is 0.328 e. The van der Waals surface area contributed by atoms with Crippen molar-refractivity contribution >= 4 is 27.8 Å². The van der Waals surface area contributed by atoms with E-state index in [1.54, 1.807) is 19.2 Å². The van der Waals surface area contributed by atoms with Gasteiger partial charge in [-0.1, -0.05) is 48.5 Å². The molecule has 3 aromatic carbocycles. The molecule has 0 saturated heterocycles. The number of aryl methyl sites for hydroxylation is 1. The van der Waals surface area contributed by atoms with Crippen LogP contribution in [0, 0.1) is 5.92 Å². The lowest BCUT2D eigenvalue weighted by molar-refractivity contribution is -0.131. The lowest BCUT2D eigenvalue weighted by Gasteiger charge is -2.30. The fraction of sp³-hybridized carbons (Fsp3) is 0.185. The molecule has 1 aliphatic heterocycles. The lowest BCUT2D eigenvalue weighted by Crippen LogP contribution is -2.32. The molecule has 2 aliphatic rings. The van der Waals surface area contributed by atoms with Gasteiger partial charge in [0.2, 0.25) is 0 Å². The van der Waals surface area contributed by atoms with Gasteiger partial charge in [-0.15, -0.1) is 0 Å². The van der Waals surface area contributed by atoms with Crippen LogP contribution in [0.3, 0.4) is 0 Å². The number of hydrazone groups is 1. The third kappa shape index (κ3) is 4.21. The van der Waals surface area contributed by atoms with Crippen molar-refractivity contribution in [1.82, 2.24) is 4.41 Å². The minimum Gasteiger partial charge on any atom is -0.497 e. The second kappa shape index (κ2) is 9.03. The highest BCUT2D eigenvalue weighted by Gasteiger charge is 2.46. The third-order valence-electron chi connectivity index (χ3n) is 6.49. The number of hydrogen-bond acceptors (Lipinski definition) is 5. The van der Waals surface area contributed by atoms with Crippen LogP contribution in [0.2, 0.25) is 0 Å². The van der Waals surface area contributed by atoms with Crippen molar-refractivity contribution < 1.29 is 23.1 Å². The molecule has 3 aromatic rings. The quantitative estimate of drug-likeness (QED) is 0.515. The summed E-state index contributed by atoms with van der Waals surface area (Å²) >= 11 is 0. The number of methoxy groups -OCH3 is 1. The van der Waals surface area contributed by atoms with Crippen LogP contribution in [0.15, 0.2) is 88.9 Å². The third-order valence-corrected chi connectivity index (χ3v) is 8.16. The molecule has 0 amide bonds. The Kier molecular flexibility index (Phi) is 5.90. The Bertz CT molecular complexity index is 1430. The topological polar surface area (TPSA) is 96.3 Å². The number of rotatable bonds is 6. The van der Waals surface area contributed by atoms with E-state index in [0.717, 1.165) is 35.8 Å². The Morgan fingerprint density at radius 2 is 1.77 bits per heavy atom. The molecule has 35 heavy (non-hydrogen) atoms. The first-order valence-corrected chi connectivity index (χ1v) is 12.7. The summed E-state index contributed by atoms with van der Waals surface area (Å²) in [5.41, 5.74) is 4.39. The zero-order valence-electron chi connectivity index (χ0n) is 19.0. The molecular formula is C27H24N2O5S. The standard InChI is InChI=1S/C27H24N2O5S/c1-34-21-12-9-20(10-13-21)27-24-16-11-19-4-2-3-5-23(19)26(24)28-29(27)35(32,33)22-14-6-18(7-15-22)8-17-25(30)31/h2-10,12-15,17,24,27H,11,16H2,1H3,(H,30,31). The van der Waals surface area contributed by atoms with Gasteiger partial charge in [-0.05, 0) is 59.9 Å². The monoisotopic (exact) mass is 488 g/mol. The molecule has 7 nitrogen and oxygen atoms in total.